The van der Waals surface area contributed by atoms with Crippen LogP contribution in [0.3, 0.4) is 0 Å². The molecule has 2 atom stereocenters. The first-order valence-corrected chi connectivity index (χ1v) is 10.2. The lowest BCUT2D eigenvalue weighted by molar-refractivity contribution is -0.122. The average molecular weight is 403 g/mol. The Morgan fingerprint density at radius 2 is 1.87 bits per heavy atom. The van der Waals surface area contributed by atoms with Crippen molar-refractivity contribution < 1.29 is 13.2 Å². The maximum absolute atomic E-state index is 12.1. The molecule has 0 heterocycles. The van der Waals surface area contributed by atoms with Crippen molar-refractivity contribution in [1.29, 1.82) is 0 Å². The van der Waals surface area contributed by atoms with E-state index in [1.807, 2.05) is 0 Å². The summed E-state index contributed by atoms with van der Waals surface area (Å²) < 4.78 is 27.5. The second-order valence-corrected chi connectivity index (χ2v) is 8.72. The van der Waals surface area contributed by atoms with Crippen LogP contribution in [0.5, 0.6) is 0 Å². The third kappa shape index (κ3) is 5.58. The highest BCUT2D eigenvalue weighted by Gasteiger charge is 2.22. The molecular formula is C16H23BrN2O3S. The molecule has 2 rings (SSSR count). The summed E-state index contributed by atoms with van der Waals surface area (Å²) in [4.78, 5) is 12.2. The van der Waals surface area contributed by atoms with Crippen LogP contribution in [-0.4, -0.2) is 26.9 Å². The number of rotatable bonds is 6. The smallest absolute Gasteiger partial charge is 0.240 e. The molecule has 0 bridgehead atoms. The summed E-state index contributed by atoms with van der Waals surface area (Å²) >= 11 is 3.27. The second kappa shape index (κ2) is 8.26. The zero-order valence-electron chi connectivity index (χ0n) is 13.2. The standard InChI is InChI=1S/C16H23BrN2O3S/c1-12-4-2-3-5-15(12)19-16(20)10-11-18-23(21,22)14-8-6-13(17)7-9-14/h6-9,12,15,18H,2-5,10-11H2,1H3,(H,19,20)/t12-,15+/m0/s1. The molecule has 0 saturated heterocycles. The van der Waals surface area contributed by atoms with Gasteiger partial charge in [-0.2, -0.15) is 0 Å². The minimum absolute atomic E-state index is 0.0951. The van der Waals surface area contributed by atoms with E-state index in [1.54, 1.807) is 12.1 Å². The van der Waals surface area contributed by atoms with E-state index in [0.717, 1.165) is 23.7 Å². The van der Waals surface area contributed by atoms with Gasteiger partial charge in [0.15, 0.2) is 0 Å². The van der Waals surface area contributed by atoms with Gasteiger partial charge in [-0.1, -0.05) is 35.7 Å². The Morgan fingerprint density at radius 1 is 1.22 bits per heavy atom. The predicted octanol–water partition coefficient (Wildman–Crippen LogP) is 2.81. The van der Waals surface area contributed by atoms with Gasteiger partial charge in [0, 0.05) is 23.5 Å². The average Bonchev–Trinajstić information content (AvgIpc) is 2.50. The fraction of sp³-hybridized carbons (Fsp3) is 0.562. The maximum atomic E-state index is 12.1. The molecule has 0 unspecified atom stereocenters. The van der Waals surface area contributed by atoms with Crippen molar-refractivity contribution in [2.45, 2.75) is 50.0 Å². The zero-order chi connectivity index (χ0) is 16.9. The lowest BCUT2D eigenvalue weighted by Gasteiger charge is -2.29. The van der Waals surface area contributed by atoms with Crippen LogP contribution in [0.4, 0.5) is 0 Å². The van der Waals surface area contributed by atoms with Crippen molar-refractivity contribution in [3.63, 3.8) is 0 Å². The number of carbonyl (C=O) groups is 1. The Morgan fingerprint density at radius 3 is 2.52 bits per heavy atom. The van der Waals surface area contributed by atoms with Crippen LogP contribution in [0, 0.1) is 5.92 Å². The predicted molar refractivity (Wildman–Crippen MR) is 93.5 cm³/mol. The highest BCUT2D eigenvalue weighted by molar-refractivity contribution is 9.10. The molecule has 0 aliphatic heterocycles. The highest BCUT2D eigenvalue weighted by Crippen LogP contribution is 2.23. The molecule has 1 aromatic carbocycles. The van der Waals surface area contributed by atoms with Crippen molar-refractivity contribution in [3.8, 4) is 0 Å². The largest absolute Gasteiger partial charge is 0.353 e. The molecule has 1 amide bonds. The van der Waals surface area contributed by atoms with Crippen LogP contribution in [0.25, 0.3) is 0 Å². The number of halogens is 1. The fourth-order valence-corrected chi connectivity index (χ4v) is 4.10. The van der Waals surface area contributed by atoms with E-state index in [2.05, 4.69) is 32.9 Å². The van der Waals surface area contributed by atoms with E-state index < -0.39 is 10.0 Å². The van der Waals surface area contributed by atoms with Gasteiger partial charge >= 0.3 is 0 Å². The van der Waals surface area contributed by atoms with Crippen molar-refractivity contribution in [2.24, 2.45) is 5.92 Å². The number of sulfonamides is 1. The first-order chi connectivity index (χ1) is 10.9. The fourth-order valence-electron chi connectivity index (χ4n) is 2.81. The quantitative estimate of drug-likeness (QED) is 0.767. The summed E-state index contributed by atoms with van der Waals surface area (Å²) in [5.74, 6) is 0.398. The van der Waals surface area contributed by atoms with Crippen LogP contribution in [0.15, 0.2) is 33.6 Å². The molecule has 1 aromatic rings. The van der Waals surface area contributed by atoms with Crippen LogP contribution in [0.1, 0.15) is 39.0 Å². The van der Waals surface area contributed by atoms with E-state index in [-0.39, 0.29) is 29.8 Å². The molecule has 0 aromatic heterocycles. The molecule has 128 valence electrons. The molecule has 2 N–H and O–H groups in total. The van der Waals surface area contributed by atoms with Gasteiger partial charge in [0.1, 0.15) is 0 Å². The van der Waals surface area contributed by atoms with Crippen molar-refractivity contribution in [3.05, 3.63) is 28.7 Å². The number of benzene rings is 1. The van der Waals surface area contributed by atoms with Gasteiger partial charge in [-0.25, -0.2) is 13.1 Å². The third-order valence-electron chi connectivity index (χ3n) is 4.23. The summed E-state index contributed by atoms with van der Waals surface area (Å²) in [6.45, 7) is 2.26. The Labute approximate surface area is 146 Å². The van der Waals surface area contributed by atoms with Gasteiger partial charge in [-0.05, 0) is 43.0 Å². The summed E-state index contributed by atoms with van der Waals surface area (Å²) in [7, 11) is -3.57. The van der Waals surface area contributed by atoms with Crippen LogP contribution < -0.4 is 10.0 Å². The van der Waals surface area contributed by atoms with Gasteiger partial charge in [0.2, 0.25) is 15.9 Å². The lowest BCUT2D eigenvalue weighted by atomic mass is 9.86. The third-order valence-corrected chi connectivity index (χ3v) is 6.23. The van der Waals surface area contributed by atoms with Gasteiger partial charge in [0.25, 0.3) is 0 Å². The first kappa shape index (κ1) is 18.4. The molecule has 5 nitrogen and oxygen atoms in total. The Bertz CT molecular complexity index is 631. The number of hydrogen-bond acceptors (Lipinski definition) is 3. The summed E-state index contributed by atoms with van der Waals surface area (Å²) in [6, 6.07) is 6.61. The molecular weight excluding hydrogens is 380 g/mol. The molecule has 1 aliphatic rings. The molecule has 23 heavy (non-hydrogen) atoms. The Kier molecular flexibility index (Phi) is 6.61. The minimum Gasteiger partial charge on any atom is -0.353 e. The zero-order valence-corrected chi connectivity index (χ0v) is 15.6. The number of nitrogens with one attached hydrogen (secondary N) is 2. The summed E-state index contributed by atoms with van der Waals surface area (Å²) in [5.41, 5.74) is 0. The number of carbonyl (C=O) groups excluding carboxylic acids is 1. The highest BCUT2D eigenvalue weighted by atomic mass is 79.9. The van der Waals surface area contributed by atoms with Crippen molar-refractivity contribution >= 4 is 31.9 Å². The van der Waals surface area contributed by atoms with Crippen LogP contribution in [-0.2, 0) is 14.8 Å². The second-order valence-electron chi connectivity index (χ2n) is 6.04. The normalized spacial score (nSPS) is 21.8. The van der Waals surface area contributed by atoms with Crippen molar-refractivity contribution in [1.82, 2.24) is 10.0 Å². The SMILES string of the molecule is C[C@H]1CCCC[C@H]1NC(=O)CCNS(=O)(=O)c1ccc(Br)cc1. The van der Waals surface area contributed by atoms with Gasteiger partial charge in [-0.15, -0.1) is 0 Å². The van der Waals surface area contributed by atoms with E-state index in [4.69, 9.17) is 0 Å². The molecule has 0 radical (unpaired) electrons. The van der Waals surface area contributed by atoms with Crippen molar-refractivity contribution in [2.75, 3.05) is 6.54 Å². The molecule has 1 aliphatic carbocycles. The number of hydrogen-bond donors (Lipinski definition) is 2. The Balaban J connectivity index is 1.79. The monoisotopic (exact) mass is 402 g/mol. The minimum atomic E-state index is -3.57. The molecule has 7 heteroatoms. The van der Waals surface area contributed by atoms with Gasteiger partial charge < -0.3 is 5.32 Å². The topological polar surface area (TPSA) is 75.3 Å². The van der Waals surface area contributed by atoms with Gasteiger partial charge in [0.05, 0.1) is 4.90 Å². The summed E-state index contributed by atoms with van der Waals surface area (Å²) in [6.07, 6.45) is 4.67. The van der Waals surface area contributed by atoms with E-state index in [1.165, 1.54) is 18.6 Å². The van der Waals surface area contributed by atoms with E-state index >= 15 is 0 Å². The molecule has 1 saturated carbocycles. The summed E-state index contributed by atoms with van der Waals surface area (Å²) in [5, 5.41) is 3.02. The molecule has 0 spiro atoms. The van der Waals surface area contributed by atoms with E-state index in [9.17, 15) is 13.2 Å². The lowest BCUT2D eigenvalue weighted by Crippen LogP contribution is -2.42. The first-order valence-electron chi connectivity index (χ1n) is 7.93. The van der Waals surface area contributed by atoms with Crippen LogP contribution in [0.2, 0.25) is 0 Å². The van der Waals surface area contributed by atoms with Gasteiger partial charge in [-0.3, -0.25) is 4.79 Å². The Hall–Kier alpha value is -0.920. The maximum Gasteiger partial charge on any atom is 0.240 e. The number of amides is 1. The molecule has 1 fully saturated rings. The van der Waals surface area contributed by atoms with Crippen LogP contribution >= 0.6 is 15.9 Å². The van der Waals surface area contributed by atoms with E-state index in [0.29, 0.717) is 5.92 Å².